The van der Waals surface area contributed by atoms with E-state index in [0.717, 1.165) is 0 Å². The van der Waals surface area contributed by atoms with Crippen LogP contribution in [0.3, 0.4) is 0 Å². The molecule has 92 valence electrons. The molecule has 2 aromatic rings. The highest BCUT2D eigenvalue weighted by molar-refractivity contribution is 7.11. The fourth-order valence-corrected chi connectivity index (χ4v) is 1.95. The minimum absolute atomic E-state index is 0.0871. The fraction of sp³-hybridized carbons (Fsp3) is 0.154. The largest absolute Gasteiger partial charge is 0.431 e. The van der Waals surface area contributed by atoms with Crippen LogP contribution in [0.5, 0.6) is 10.9 Å². The van der Waals surface area contributed by atoms with E-state index in [0.29, 0.717) is 17.7 Å². The predicted octanol–water partition coefficient (Wildman–Crippen LogP) is 2.89. The topological polar surface area (TPSA) is 56.3 Å². The monoisotopic (exact) mass is 261 g/mol. The van der Waals surface area contributed by atoms with Crippen LogP contribution in [0.1, 0.15) is 23.7 Å². The van der Waals surface area contributed by atoms with E-state index in [4.69, 9.17) is 4.74 Å². The zero-order chi connectivity index (χ0) is 13.0. The van der Waals surface area contributed by atoms with E-state index in [2.05, 4.69) is 4.98 Å². The van der Waals surface area contributed by atoms with Crippen LogP contribution in [0.25, 0.3) is 0 Å². The van der Waals surface area contributed by atoms with Gasteiger partial charge in [-0.15, -0.1) is 0 Å². The van der Waals surface area contributed by atoms with Gasteiger partial charge in [0.2, 0.25) is 0 Å². The SMILES string of the molecule is CCC(=O)c1ccc(Oc2nc(=O)ccs2)cc1. The van der Waals surface area contributed by atoms with Gasteiger partial charge in [0.15, 0.2) is 5.78 Å². The van der Waals surface area contributed by atoms with Crippen molar-refractivity contribution in [3.8, 4) is 10.9 Å². The highest BCUT2D eigenvalue weighted by Gasteiger charge is 2.04. The summed E-state index contributed by atoms with van der Waals surface area (Å²) in [4.78, 5) is 26.2. The first-order valence-electron chi connectivity index (χ1n) is 5.46. The number of Topliss-reactive ketones (excluding diaryl/α,β-unsaturated/α-hetero) is 1. The van der Waals surface area contributed by atoms with Gasteiger partial charge in [-0.1, -0.05) is 18.3 Å². The van der Waals surface area contributed by atoms with Crippen LogP contribution < -0.4 is 10.3 Å². The second kappa shape index (κ2) is 5.55. The van der Waals surface area contributed by atoms with Gasteiger partial charge in [-0.3, -0.25) is 9.59 Å². The van der Waals surface area contributed by atoms with Crippen molar-refractivity contribution in [2.24, 2.45) is 0 Å². The van der Waals surface area contributed by atoms with Gasteiger partial charge >= 0.3 is 0 Å². The zero-order valence-corrected chi connectivity index (χ0v) is 10.6. The molecule has 0 aliphatic rings. The molecule has 0 spiro atoms. The van der Waals surface area contributed by atoms with Crippen molar-refractivity contribution < 1.29 is 9.53 Å². The molecule has 5 heteroatoms. The van der Waals surface area contributed by atoms with Crippen molar-refractivity contribution in [3.05, 3.63) is 51.6 Å². The van der Waals surface area contributed by atoms with Gasteiger partial charge in [-0.2, -0.15) is 4.98 Å². The minimum atomic E-state index is -0.332. The van der Waals surface area contributed by atoms with Crippen LogP contribution in [-0.4, -0.2) is 10.8 Å². The van der Waals surface area contributed by atoms with Gasteiger partial charge in [0.05, 0.1) is 0 Å². The summed E-state index contributed by atoms with van der Waals surface area (Å²) < 4.78 is 5.42. The maximum Gasteiger partial charge on any atom is 0.282 e. The molecule has 0 aliphatic carbocycles. The van der Waals surface area contributed by atoms with Gasteiger partial charge < -0.3 is 4.74 Å². The summed E-state index contributed by atoms with van der Waals surface area (Å²) in [5, 5.41) is 1.91. The number of hydrogen-bond donors (Lipinski definition) is 0. The molecule has 0 saturated heterocycles. The Kier molecular flexibility index (Phi) is 3.84. The molecular formula is C13H11NO3S. The maximum absolute atomic E-state index is 11.4. The Bertz CT molecular complexity index is 604. The van der Waals surface area contributed by atoms with Crippen molar-refractivity contribution in [2.75, 3.05) is 0 Å². The summed E-state index contributed by atoms with van der Waals surface area (Å²) in [6.07, 6.45) is 0.474. The highest BCUT2D eigenvalue weighted by atomic mass is 32.1. The molecule has 1 aromatic heterocycles. The summed E-state index contributed by atoms with van der Waals surface area (Å²) in [7, 11) is 0. The van der Waals surface area contributed by atoms with Crippen LogP contribution in [0.15, 0.2) is 40.5 Å². The number of hydrogen-bond acceptors (Lipinski definition) is 5. The number of ether oxygens (including phenoxy) is 1. The number of carbonyl (C=O) groups is 1. The molecule has 0 aliphatic heterocycles. The number of ketones is 1. The van der Waals surface area contributed by atoms with Crippen LogP contribution >= 0.6 is 11.3 Å². The van der Waals surface area contributed by atoms with Crippen molar-refractivity contribution in [1.82, 2.24) is 4.98 Å². The lowest BCUT2D eigenvalue weighted by Crippen LogP contribution is -2.02. The van der Waals surface area contributed by atoms with E-state index in [-0.39, 0.29) is 16.5 Å². The molecule has 1 heterocycles. The van der Waals surface area contributed by atoms with Gasteiger partial charge in [-0.25, -0.2) is 0 Å². The molecule has 2 rings (SSSR count). The Morgan fingerprint density at radius 1 is 1.28 bits per heavy atom. The quantitative estimate of drug-likeness (QED) is 0.794. The molecule has 0 amide bonds. The predicted molar refractivity (Wildman–Crippen MR) is 69.5 cm³/mol. The van der Waals surface area contributed by atoms with E-state index < -0.39 is 0 Å². The Labute approximate surface area is 108 Å². The van der Waals surface area contributed by atoms with Crippen molar-refractivity contribution >= 4 is 17.1 Å². The molecule has 0 saturated carbocycles. The molecule has 0 unspecified atom stereocenters. The van der Waals surface area contributed by atoms with E-state index in [1.54, 1.807) is 29.6 Å². The van der Waals surface area contributed by atoms with Gasteiger partial charge in [0.1, 0.15) is 5.75 Å². The van der Waals surface area contributed by atoms with E-state index in [1.807, 2.05) is 6.92 Å². The second-order valence-electron chi connectivity index (χ2n) is 3.54. The maximum atomic E-state index is 11.4. The third-order valence-electron chi connectivity index (χ3n) is 2.28. The molecule has 0 atom stereocenters. The van der Waals surface area contributed by atoms with Crippen LogP contribution in [0, 0.1) is 0 Å². The van der Waals surface area contributed by atoms with Gasteiger partial charge in [0.25, 0.3) is 10.8 Å². The molecule has 0 bridgehead atoms. The molecular weight excluding hydrogens is 250 g/mol. The van der Waals surface area contributed by atoms with E-state index in [9.17, 15) is 9.59 Å². The number of nitrogens with zero attached hydrogens (tertiary/aromatic N) is 1. The number of aromatic nitrogens is 1. The molecule has 4 nitrogen and oxygen atoms in total. The van der Waals surface area contributed by atoms with E-state index >= 15 is 0 Å². The standard InChI is InChI=1S/C13H11NO3S/c1-2-11(15)9-3-5-10(6-4-9)17-13-14-12(16)7-8-18-13/h3-8H,2H2,1H3. The molecule has 0 N–H and O–H groups in total. The average Bonchev–Trinajstić information content (AvgIpc) is 2.39. The molecule has 18 heavy (non-hydrogen) atoms. The number of carbonyl (C=O) groups excluding carboxylic acids is 1. The van der Waals surface area contributed by atoms with Crippen LogP contribution in [0.2, 0.25) is 0 Å². The van der Waals surface area contributed by atoms with Gasteiger partial charge in [-0.05, 0) is 24.3 Å². The third kappa shape index (κ3) is 3.01. The lowest BCUT2D eigenvalue weighted by molar-refractivity contribution is 0.0988. The Morgan fingerprint density at radius 3 is 2.61 bits per heavy atom. The summed E-state index contributed by atoms with van der Waals surface area (Å²) >= 11 is 1.24. The van der Waals surface area contributed by atoms with Crippen molar-refractivity contribution in [2.45, 2.75) is 13.3 Å². The highest BCUT2D eigenvalue weighted by Crippen LogP contribution is 2.22. The molecule has 0 radical (unpaired) electrons. The average molecular weight is 261 g/mol. The summed E-state index contributed by atoms with van der Waals surface area (Å²) in [5.74, 6) is 0.640. The number of rotatable bonds is 4. The zero-order valence-electron chi connectivity index (χ0n) is 9.75. The molecule has 0 fully saturated rings. The van der Waals surface area contributed by atoms with Crippen molar-refractivity contribution in [3.63, 3.8) is 0 Å². The van der Waals surface area contributed by atoms with Crippen LogP contribution in [0.4, 0.5) is 0 Å². The Morgan fingerprint density at radius 2 is 2.00 bits per heavy atom. The van der Waals surface area contributed by atoms with Crippen LogP contribution in [-0.2, 0) is 0 Å². The smallest absolute Gasteiger partial charge is 0.282 e. The normalized spacial score (nSPS) is 10.1. The summed E-state index contributed by atoms with van der Waals surface area (Å²) in [6, 6.07) is 8.16. The second-order valence-corrected chi connectivity index (χ2v) is 4.40. The first-order valence-corrected chi connectivity index (χ1v) is 6.34. The van der Waals surface area contributed by atoms with Gasteiger partial charge in [0, 0.05) is 23.4 Å². The minimum Gasteiger partial charge on any atom is -0.431 e. The van der Waals surface area contributed by atoms with E-state index in [1.165, 1.54) is 17.4 Å². The number of benzene rings is 1. The fourth-order valence-electron chi connectivity index (χ4n) is 1.36. The summed E-state index contributed by atoms with van der Waals surface area (Å²) in [6.45, 7) is 1.82. The summed E-state index contributed by atoms with van der Waals surface area (Å²) in [5.41, 5.74) is 0.320. The third-order valence-corrected chi connectivity index (χ3v) is 2.93. The first kappa shape index (κ1) is 12.4. The van der Waals surface area contributed by atoms with Crippen molar-refractivity contribution in [1.29, 1.82) is 0 Å². The first-order chi connectivity index (χ1) is 8.69. The Hall–Kier alpha value is -2.01. The Balaban J connectivity index is 2.16. The molecule has 1 aromatic carbocycles. The lowest BCUT2D eigenvalue weighted by Gasteiger charge is -2.03. The lowest BCUT2D eigenvalue weighted by atomic mass is 10.1.